The Balaban J connectivity index is 2.85. The second-order valence-corrected chi connectivity index (χ2v) is 3.14. The fourth-order valence-corrected chi connectivity index (χ4v) is 1.17. The van der Waals surface area contributed by atoms with Crippen molar-refractivity contribution in [2.45, 2.75) is 6.42 Å². The van der Waals surface area contributed by atoms with Gasteiger partial charge in [-0.1, -0.05) is 0 Å². The van der Waals surface area contributed by atoms with E-state index in [1.54, 1.807) is 6.07 Å². The number of carbonyl (C=O) groups excluding carboxylic acids is 1. The maximum Gasteiger partial charge on any atom is 0.341 e. The third-order valence-corrected chi connectivity index (χ3v) is 1.95. The van der Waals surface area contributed by atoms with Crippen LogP contribution in [-0.2, 0) is 4.74 Å². The number of nitrogens with two attached hydrogens (primary N) is 1. The van der Waals surface area contributed by atoms with Crippen LogP contribution in [0.4, 0.5) is 10.1 Å². The molecule has 0 aliphatic rings. The molecule has 1 rings (SSSR count). The molecule has 0 heterocycles. The molecule has 0 aliphatic heterocycles. The van der Waals surface area contributed by atoms with Crippen LogP contribution in [-0.4, -0.2) is 26.4 Å². The summed E-state index contributed by atoms with van der Waals surface area (Å²) in [7, 11) is 1.28. The van der Waals surface area contributed by atoms with E-state index in [4.69, 9.17) is 10.5 Å². The molecule has 0 saturated carbocycles. The van der Waals surface area contributed by atoms with Crippen LogP contribution in [0.15, 0.2) is 18.2 Å². The zero-order valence-electron chi connectivity index (χ0n) is 9.03. The van der Waals surface area contributed by atoms with Gasteiger partial charge in [0, 0.05) is 18.2 Å². The van der Waals surface area contributed by atoms with E-state index >= 15 is 0 Å². The SMILES string of the molecule is COC(=O)c1ccc(N)cc1OCCCF. The second-order valence-electron chi connectivity index (χ2n) is 3.14. The first-order valence-corrected chi connectivity index (χ1v) is 4.85. The predicted molar refractivity (Wildman–Crippen MR) is 58.3 cm³/mol. The maximum atomic E-state index is 11.9. The van der Waals surface area contributed by atoms with Crippen LogP contribution in [0.2, 0.25) is 0 Å². The predicted octanol–water partition coefficient (Wildman–Crippen LogP) is 1.79. The van der Waals surface area contributed by atoms with Crippen molar-refractivity contribution in [3.63, 3.8) is 0 Å². The van der Waals surface area contributed by atoms with E-state index in [1.165, 1.54) is 19.2 Å². The molecule has 0 bridgehead atoms. The summed E-state index contributed by atoms with van der Waals surface area (Å²) in [5, 5.41) is 0. The molecule has 5 heteroatoms. The van der Waals surface area contributed by atoms with E-state index < -0.39 is 12.6 Å². The van der Waals surface area contributed by atoms with E-state index in [0.717, 1.165) is 0 Å². The van der Waals surface area contributed by atoms with Gasteiger partial charge in [-0.25, -0.2) is 4.79 Å². The molecule has 0 aromatic heterocycles. The van der Waals surface area contributed by atoms with Gasteiger partial charge in [0.1, 0.15) is 11.3 Å². The van der Waals surface area contributed by atoms with Gasteiger partial charge in [-0.05, 0) is 12.1 Å². The van der Waals surface area contributed by atoms with Crippen molar-refractivity contribution in [2.24, 2.45) is 0 Å². The first-order valence-electron chi connectivity index (χ1n) is 4.85. The summed E-state index contributed by atoms with van der Waals surface area (Å²) in [6.07, 6.45) is 0.273. The number of carbonyl (C=O) groups is 1. The molecule has 0 amide bonds. The number of hydrogen-bond donors (Lipinski definition) is 1. The molecule has 2 N–H and O–H groups in total. The molecule has 4 nitrogen and oxygen atoms in total. The first kappa shape index (κ1) is 12.3. The van der Waals surface area contributed by atoms with Crippen LogP contribution in [0.5, 0.6) is 5.75 Å². The lowest BCUT2D eigenvalue weighted by molar-refractivity contribution is 0.0596. The molecule has 16 heavy (non-hydrogen) atoms. The largest absolute Gasteiger partial charge is 0.493 e. The Labute approximate surface area is 93.2 Å². The lowest BCUT2D eigenvalue weighted by Gasteiger charge is -2.10. The van der Waals surface area contributed by atoms with E-state index in [-0.39, 0.29) is 18.6 Å². The van der Waals surface area contributed by atoms with Crippen molar-refractivity contribution in [1.29, 1.82) is 0 Å². The number of alkyl halides is 1. The molecule has 0 fully saturated rings. The fourth-order valence-electron chi connectivity index (χ4n) is 1.17. The van der Waals surface area contributed by atoms with Crippen LogP contribution < -0.4 is 10.5 Å². The van der Waals surface area contributed by atoms with Gasteiger partial charge >= 0.3 is 5.97 Å². The van der Waals surface area contributed by atoms with Gasteiger partial charge in [-0.2, -0.15) is 0 Å². The number of rotatable bonds is 5. The number of nitrogen functional groups attached to an aromatic ring is 1. The Bertz CT molecular complexity index is 368. The molecule has 0 atom stereocenters. The number of methoxy groups -OCH3 is 1. The molecule has 1 aromatic rings. The first-order chi connectivity index (χ1) is 7.69. The molecule has 0 unspecified atom stereocenters. The summed E-state index contributed by atoms with van der Waals surface area (Å²) in [6, 6.07) is 4.62. The number of anilines is 1. The minimum atomic E-state index is -0.504. The fraction of sp³-hybridized carbons (Fsp3) is 0.364. The molecule has 0 spiro atoms. The van der Waals surface area contributed by atoms with Gasteiger partial charge in [0.05, 0.1) is 20.4 Å². The Kier molecular flexibility index (Phi) is 4.57. The van der Waals surface area contributed by atoms with Crippen molar-refractivity contribution in [2.75, 3.05) is 26.1 Å². The molecular formula is C11H14FNO3. The van der Waals surface area contributed by atoms with E-state index in [0.29, 0.717) is 11.4 Å². The quantitative estimate of drug-likeness (QED) is 0.473. The minimum absolute atomic E-state index is 0.198. The second kappa shape index (κ2) is 5.95. The van der Waals surface area contributed by atoms with Crippen LogP contribution in [0, 0.1) is 0 Å². The highest BCUT2D eigenvalue weighted by molar-refractivity contribution is 5.93. The minimum Gasteiger partial charge on any atom is -0.493 e. The Morgan fingerprint density at radius 3 is 2.88 bits per heavy atom. The molecule has 88 valence electrons. The van der Waals surface area contributed by atoms with Crippen molar-refractivity contribution in [1.82, 2.24) is 0 Å². The zero-order chi connectivity index (χ0) is 12.0. The third kappa shape index (κ3) is 3.12. The lowest BCUT2D eigenvalue weighted by atomic mass is 10.2. The monoisotopic (exact) mass is 227 g/mol. The Hall–Kier alpha value is -1.78. The number of ether oxygens (including phenoxy) is 2. The van der Waals surface area contributed by atoms with Gasteiger partial charge in [0.2, 0.25) is 0 Å². The lowest BCUT2D eigenvalue weighted by Crippen LogP contribution is -2.07. The van der Waals surface area contributed by atoms with Crippen LogP contribution in [0.25, 0.3) is 0 Å². The molecule has 0 saturated heterocycles. The summed E-state index contributed by atoms with van der Waals surface area (Å²) >= 11 is 0. The standard InChI is InChI=1S/C11H14FNO3/c1-15-11(14)9-4-3-8(13)7-10(9)16-6-2-5-12/h3-4,7H,2,5-6,13H2,1H3. The Morgan fingerprint density at radius 2 is 2.25 bits per heavy atom. The summed E-state index contributed by atoms with van der Waals surface area (Å²) in [6.45, 7) is -0.264. The highest BCUT2D eigenvalue weighted by Crippen LogP contribution is 2.22. The van der Waals surface area contributed by atoms with E-state index in [2.05, 4.69) is 4.74 Å². The van der Waals surface area contributed by atoms with Crippen LogP contribution in [0.3, 0.4) is 0 Å². The summed E-state index contributed by atoms with van der Waals surface area (Å²) in [4.78, 5) is 11.4. The van der Waals surface area contributed by atoms with Gasteiger partial charge in [-0.3, -0.25) is 4.39 Å². The normalized spacial score (nSPS) is 9.88. The topological polar surface area (TPSA) is 61.5 Å². The van der Waals surface area contributed by atoms with Crippen molar-refractivity contribution in [3.8, 4) is 5.75 Å². The molecule has 1 aromatic carbocycles. The van der Waals surface area contributed by atoms with Crippen molar-refractivity contribution < 1.29 is 18.7 Å². The number of esters is 1. The number of hydrogen-bond acceptors (Lipinski definition) is 4. The van der Waals surface area contributed by atoms with E-state index in [9.17, 15) is 9.18 Å². The zero-order valence-corrected chi connectivity index (χ0v) is 9.03. The van der Waals surface area contributed by atoms with Crippen LogP contribution >= 0.6 is 0 Å². The highest BCUT2D eigenvalue weighted by Gasteiger charge is 2.13. The smallest absolute Gasteiger partial charge is 0.341 e. The molecule has 0 radical (unpaired) electrons. The summed E-state index contributed by atoms with van der Waals surface area (Å²) in [5.41, 5.74) is 6.33. The van der Waals surface area contributed by atoms with Gasteiger partial charge in [0.25, 0.3) is 0 Å². The summed E-state index contributed by atoms with van der Waals surface area (Å²) < 4.78 is 21.8. The molecule has 0 aliphatic carbocycles. The van der Waals surface area contributed by atoms with Gasteiger partial charge in [0.15, 0.2) is 0 Å². The average Bonchev–Trinajstić information content (AvgIpc) is 2.29. The van der Waals surface area contributed by atoms with Crippen molar-refractivity contribution in [3.05, 3.63) is 23.8 Å². The average molecular weight is 227 g/mol. The third-order valence-electron chi connectivity index (χ3n) is 1.95. The number of halogens is 1. The molecular weight excluding hydrogens is 213 g/mol. The maximum absolute atomic E-state index is 11.9. The van der Waals surface area contributed by atoms with E-state index in [1.807, 2.05) is 0 Å². The summed E-state index contributed by atoms with van der Waals surface area (Å²) in [5.74, 6) is -0.185. The number of benzene rings is 1. The van der Waals surface area contributed by atoms with Crippen molar-refractivity contribution >= 4 is 11.7 Å². The van der Waals surface area contributed by atoms with Gasteiger partial charge < -0.3 is 15.2 Å². The highest BCUT2D eigenvalue weighted by atomic mass is 19.1. The van der Waals surface area contributed by atoms with Crippen LogP contribution in [0.1, 0.15) is 16.8 Å². The van der Waals surface area contributed by atoms with Gasteiger partial charge in [-0.15, -0.1) is 0 Å². The Morgan fingerprint density at radius 1 is 1.50 bits per heavy atom.